The first-order chi connectivity index (χ1) is 14.5. The number of nitrogens with one attached hydrogen (secondary N) is 1. The molecule has 0 radical (unpaired) electrons. The molecule has 164 valence electrons. The van der Waals surface area contributed by atoms with Crippen LogP contribution in [0.1, 0.15) is 56.4 Å². The summed E-state index contributed by atoms with van der Waals surface area (Å²) in [6, 6.07) is 5.59. The topological polar surface area (TPSA) is 78.7 Å². The average Bonchev–Trinajstić information content (AvgIpc) is 2.73. The molecule has 0 aromatic heterocycles. The van der Waals surface area contributed by atoms with Gasteiger partial charge in [0.25, 0.3) is 0 Å². The third kappa shape index (κ3) is 5.19. The summed E-state index contributed by atoms with van der Waals surface area (Å²) in [7, 11) is 0. The van der Waals surface area contributed by atoms with Gasteiger partial charge in [-0.25, -0.2) is 4.39 Å². The Morgan fingerprint density at radius 2 is 1.67 bits per heavy atom. The molecule has 3 fully saturated rings. The third-order valence-corrected chi connectivity index (χ3v) is 7.04. The summed E-state index contributed by atoms with van der Waals surface area (Å²) in [6.07, 6.45) is 6.54. The average molecular weight is 417 g/mol. The van der Waals surface area contributed by atoms with Crippen molar-refractivity contribution in [1.29, 1.82) is 0 Å². The lowest BCUT2D eigenvalue weighted by atomic mass is 9.84. The van der Waals surface area contributed by atoms with Crippen LogP contribution >= 0.6 is 0 Å². The van der Waals surface area contributed by atoms with Gasteiger partial charge in [-0.1, -0.05) is 6.07 Å². The molecular weight excluding hydrogens is 383 g/mol. The van der Waals surface area contributed by atoms with Crippen molar-refractivity contribution in [3.8, 4) is 0 Å². The van der Waals surface area contributed by atoms with E-state index in [1.54, 1.807) is 0 Å². The van der Waals surface area contributed by atoms with E-state index in [-0.39, 0.29) is 36.4 Å². The van der Waals surface area contributed by atoms with Gasteiger partial charge in [-0.15, -0.1) is 0 Å². The van der Waals surface area contributed by atoms with E-state index in [1.807, 2.05) is 12.1 Å². The molecule has 4 rings (SSSR count). The van der Waals surface area contributed by atoms with Crippen molar-refractivity contribution in [1.82, 2.24) is 10.2 Å². The van der Waals surface area contributed by atoms with Crippen molar-refractivity contribution in [2.75, 3.05) is 37.6 Å². The molecule has 2 heterocycles. The largest absolute Gasteiger partial charge is 0.367 e. The maximum Gasteiger partial charge on any atom is 0.227 e. The van der Waals surface area contributed by atoms with Crippen molar-refractivity contribution in [3.63, 3.8) is 0 Å². The fourth-order valence-electron chi connectivity index (χ4n) is 5.10. The number of nitrogens with zero attached hydrogens (tertiary/aromatic N) is 2. The maximum absolute atomic E-state index is 14.9. The summed E-state index contributed by atoms with van der Waals surface area (Å²) in [4.78, 5) is 27.8. The van der Waals surface area contributed by atoms with E-state index in [2.05, 4.69) is 15.1 Å². The number of benzene rings is 1. The van der Waals surface area contributed by atoms with Crippen LogP contribution in [0.3, 0.4) is 0 Å². The molecule has 0 spiro atoms. The monoisotopic (exact) mass is 416 g/mol. The SMILES string of the molecule is NC1CCC(CCN2CCN(c3ccc(C4CC(=O)NC(=O)C4)cc3F)CC2)CC1. The van der Waals surface area contributed by atoms with Crippen LogP contribution in [0.25, 0.3) is 0 Å². The molecular formula is C23H33FN4O2. The lowest BCUT2D eigenvalue weighted by Gasteiger charge is -2.37. The molecule has 2 aliphatic heterocycles. The number of piperazine rings is 1. The zero-order valence-corrected chi connectivity index (χ0v) is 17.6. The number of nitrogens with two attached hydrogens (primary N) is 1. The molecule has 3 N–H and O–H groups in total. The van der Waals surface area contributed by atoms with Crippen LogP contribution in [0.2, 0.25) is 0 Å². The molecule has 0 atom stereocenters. The highest BCUT2D eigenvalue weighted by Crippen LogP contribution is 2.31. The van der Waals surface area contributed by atoms with E-state index in [1.165, 1.54) is 25.3 Å². The molecule has 1 saturated carbocycles. The summed E-state index contributed by atoms with van der Waals surface area (Å²) >= 11 is 0. The second-order valence-corrected chi connectivity index (χ2v) is 9.19. The second-order valence-electron chi connectivity index (χ2n) is 9.19. The van der Waals surface area contributed by atoms with Crippen molar-refractivity contribution in [2.45, 2.75) is 56.9 Å². The quantitative estimate of drug-likeness (QED) is 0.721. The first kappa shape index (κ1) is 21.2. The minimum Gasteiger partial charge on any atom is -0.367 e. The number of carbonyl (C=O) groups is 2. The number of halogens is 1. The molecule has 0 unspecified atom stereocenters. The highest BCUT2D eigenvalue weighted by Gasteiger charge is 2.28. The van der Waals surface area contributed by atoms with Crippen LogP contribution in [-0.2, 0) is 9.59 Å². The number of amides is 2. The molecule has 1 aromatic carbocycles. The summed E-state index contributed by atoms with van der Waals surface area (Å²) in [5.74, 6) is -0.263. The van der Waals surface area contributed by atoms with Gasteiger partial charge in [-0.3, -0.25) is 19.8 Å². The molecule has 0 bridgehead atoms. The van der Waals surface area contributed by atoms with Gasteiger partial charge in [-0.2, -0.15) is 0 Å². The Hall–Kier alpha value is -1.99. The highest BCUT2D eigenvalue weighted by atomic mass is 19.1. The fourth-order valence-corrected chi connectivity index (χ4v) is 5.10. The number of piperidine rings is 1. The highest BCUT2D eigenvalue weighted by molar-refractivity contribution is 5.98. The Kier molecular flexibility index (Phi) is 6.68. The Morgan fingerprint density at radius 1 is 1.00 bits per heavy atom. The molecule has 2 amide bonds. The molecule has 2 saturated heterocycles. The van der Waals surface area contributed by atoms with Crippen LogP contribution in [0, 0.1) is 11.7 Å². The number of hydrogen-bond donors (Lipinski definition) is 2. The van der Waals surface area contributed by atoms with Crippen LogP contribution in [-0.4, -0.2) is 55.5 Å². The number of anilines is 1. The zero-order valence-electron chi connectivity index (χ0n) is 17.6. The fraction of sp³-hybridized carbons (Fsp3) is 0.652. The van der Waals surface area contributed by atoms with Gasteiger partial charge in [0.1, 0.15) is 5.82 Å². The summed E-state index contributed by atoms with van der Waals surface area (Å²) in [5, 5.41) is 2.30. The smallest absolute Gasteiger partial charge is 0.227 e. The van der Waals surface area contributed by atoms with E-state index < -0.39 is 0 Å². The Morgan fingerprint density at radius 3 is 2.30 bits per heavy atom. The second kappa shape index (κ2) is 9.43. The van der Waals surface area contributed by atoms with Gasteiger partial charge in [0.05, 0.1) is 5.69 Å². The van der Waals surface area contributed by atoms with Gasteiger partial charge in [-0.05, 0) is 62.3 Å². The van der Waals surface area contributed by atoms with E-state index >= 15 is 0 Å². The van der Waals surface area contributed by atoms with E-state index in [0.29, 0.717) is 11.7 Å². The van der Waals surface area contributed by atoms with Crippen molar-refractivity contribution < 1.29 is 14.0 Å². The number of carbonyl (C=O) groups excluding carboxylic acids is 2. The molecule has 6 nitrogen and oxygen atoms in total. The van der Waals surface area contributed by atoms with Gasteiger partial charge >= 0.3 is 0 Å². The standard InChI is InChI=1S/C23H33FN4O2/c24-20-13-17(18-14-22(29)26-23(30)15-18)3-6-21(20)28-11-9-27(10-12-28)8-7-16-1-4-19(25)5-2-16/h3,6,13,16,18-19H,1-2,4-5,7-12,14-15,25H2,(H,26,29,30). The van der Waals surface area contributed by atoms with Crippen LogP contribution in [0.15, 0.2) is 18.2 Å². The number of rotatable bonds is 5. The molecule has 3 aliphatic rings. The van der Waals surface area contributed by atoms with Gasteiger partial charge in [0, 0.05) is 51.0 Å². The summed E-state index contributed by atoms with van der Waals surface area (Å²) in [5.41, 5.74) is 7.35. The summed E-state index contributed by atoms with van der Waals surface area (Å²) in [6.45, 7) is 4.65. The molecule has 1 aromatic rings. The first-order valence-corrected chi connectivity index (χ1v) is 11.3. The minimum absolute atomic E-state index is 0.232. The van der Waals surface area contributed by atoms with Crippen molar-refractivity contribution in [2.24, 2.45) is 11.7 Å². The lowest BCUT2D eigenvalue weighted by Crippen LogP contribution is -2.47. The van der Waals surface area contributed by atoms with Crippen LogP contribution < -0.4 is 16.0 Å². The predicted octanol–water partition coefficient (Wildman–Crippen LogP) is 2.38. The predicted molar refractivity (Wildman–Crippen MR) is 115 cm³/mol. The Balaban J connectivity index is 1.28. The third-order valence-electron chi connectivity index (χ3n) is 7.04. The molecule has 7 heteroatoms. The molecule has 30 heavy (non-hydrogen) atoms. The Labute approximate surface area is 178 Å². The minimum atomic E-state index is -0.284. The summed E-state index contributed by atoms with van der Waals surface area (Å²) < 4.78 is 14.9. The van der Waals surface area contributed by atoms with Crippen LogP contribution in [0.5, 0.6) is 0 Å². The van der Waals surface area contributed by atoms with Gasteiger partial charge < -0.3 is 10.6 Å². The molecule has 1 aliphatic carbocycles. The van der Waals surface area contributed by atoms with Gasteiger partial charge in [0.2, 0.25) is 11.8 Å². The van der Waals surface area contributed by atoms with E-state index in [4.69, 9.17) is 5.73 Å². The van der Waals surface area contributed by atoms with Crippen molar-refractivity contribution in [3.05, 3.63) is 29.6 Å². The number of hydrogen-bond acceptors (Lipinski definition) is 5. The number of imide groups is 1. The lowest BCUT2D eigenvalue weighted by molar-refractivity contribution is -0.133. The van der Waals surface area contributed by atoms with Crippen LogP contribution in [0.4, 0.5) is 10.1 Å². The van der Waals surface area contributed by atoms with E-state index in [9.17, 15) is 14.0 Å². The van der Waals surface area contributed by atoms with Crippen molar-refractivity contribution >= 4 is 17.5 Å². The zero-order chi connectivity index (χ0) is 21.1. The normalized spacial score (nSPS) is 26.7. The first-order valence-electron chi connectivity index (χ1n) is 11.3. The maximum atomic E-state index is 14.9. The van der Waals surface area contributed by atoms with Gasteiger partial charge in [0.15, 0.2) is 0 Å². The Bertz CT molecular complexity index is 754. The van der Waals surface area contributed by atoms with E-state index in [0.717, 1.165) is 57.0 Å².